The first-order valence-corrected chi connectivity index (χ1v) is 8.86. The highest BCUT2D eigenvalue weighted by Crippen LogP contribution is 2.15. The zero-order valence-corrected chi connectivity index (χ0v) is 14.1. The monoisotopic (exact) mass is 308 g/mol. The van der Waals surface area contributed by atoms with E-state index in [1.807, 2.05) is 0 Å². The summed E-state index contributed by atoms with van der Waals surface area (Å²) in [5, 5.41) is 3.77. The lowest BCUT2D eigenvalue weighted by molar-refractivity contribution is 0.331. The normalized spacial score (nSPS) is 19.8. The van der Waals surface area contributed by atoms with Crippen LogP contribution in [0.5, 0.6) is 0 Å². The molecule has 0 bridgehead atoms. The first-order chi connectivity index (χ1) is 11.3. The van der Waals surface area contributed by atoms with E-state index in [0.29, 0.717) is 12.0 Å². The van der Waals surface area contributed by atoms with Crippen LogP contribution in [0, 0.1) is 0 Å². The van der Waals surface area contributed by atoms with Crippen molar-refractivity contribution >= 4 is 0 Å². The summed E-state index contributed by atoms with van der Waals surface area (Å²) in [5.41, 5.74) is 2.88. The Morgan fingerprint density at radius 2 is 1.74 bits per heavy atom. The summed E-state index contributed by atoms with van der Waals surface area (Å²) in [6.07, 6.45) is 2.43. The van der Waals surface area contributed by atoms with Gasteiger partial charge in [0.2, 0.25) is 0 Å². The van der Waals surface area contributed by atoms with Gasteiger partial charge in [0, 0.05) is 25.7 Å². The molecule has 0 saturated carbocycles. The van der Waals surface area contributed by atoms with E-state index < -0.39 is 0 Å². The molecule has 1 saturated heterocycles. The van der Waals surface area contributed by atoms with Crippen molar-refractivity contribution in [3.63, 3.8) is 0 Å². The number of nitrogens with zero attached hydrogens (tertiary/aromatic N) is 1. The Labute approximate surface area is 140 Å². The highest BCUT2D eigenvalue weighted by Gasteiger charge is 2.22. The van der Waals surface area contributed by atoms with Gasteiger partial charge >= 0.3 is 0 Å². The SMILES string of the molecule is C[C@@H](CN[C@@H]1CCN(CCc2ccccc2)C1)c1ccccc1. The van der Waals surface area contributed by atoms with Crippen LogP contribution in [0.3, 0.4) is 0 Å². The second-order valence-corrected chi connectivity index (χ2v) is 6.74. The van der Waals surface area contributed by atoms with E-state index in [9.17, 15) is 0 Å². The maximum absolute atomic E-state index is 3.77. The van der Waals surface area contributed by atoms with Gasteiger partial charge < -0.3 is 10.2 Å². The van der Waals surface area contributed by atoms with Gasteiger partial charge in [-0.2, -0.15) is 0 Å². The lowest BCUT2D eigenvalue weighted by Gasteiger charge is -2.19. The van der Waals surface area contributed by atoms with Crippen LogP contribution in [0.25, 0.3) is 0 Å². The fourth-order valence-electron chi connectivity index (χ4n) is 3.38. The first-order valence-electron chi connectivity index (χ1n) is 8.86. The third kappa shape index (κ3) is 4.92. The Kier molecular flexibility index (Phi) is 5.84. The molecule has 0 radical (unpaired) electrons. The molecule has 0 aromatic heterocycles. The van der Waals surface area contributed by atoms with E-state index >= 15 is 0 Å². The number of nitrogens with one attached hydrogen (secondary N) is 1. The van der Waals surface area contributed by atoms with Crippen molar-refractivity contribution in [2.45, 2.75) is 31.7 Å². The second-order valence-electron chi connectivity index (χ2n) is 6.74. The summed E-state index contributed by atoms with van der Waals surface area (Å²) >= 11 is 0. The summed E-state index contributed by atoms with van der Waals surface area (Å²) in [7, 11) is 0. The van der Waals surface area contributed by atoms with Gasteiger partial charge in [-0.3, -0.25) is 0 Å². The van der Waals surface area contributed by atoms with Crippen molar-refractivity contribution in [1.29, 1.82) is 0 Å². The van der Waals surface area contributed by atoms with E-state index in [4.69, 9.17) is 0 Å². The molecule has 1 aliphatic rings. The van der Waals surface area contributed by atoms with Gasteiger partial charge in [0.1, 0.15) is 0 Å². The Balaban J connectivity index is 1.38. The maximum Gasteiger partial charge on any atom is 0.0207 e. The van der Waals surface area contributed by atoms with Crippen LogP contribution in [0.4, 0.5) is 0 Å². The van der Waals surface area contributed by atoms with Crippen LogP contribution in [-0.2, 0) is 6.42 Å². The smallest absolute Gasteiger partial charge is 0.0207 e. The van der Waals surface area contributed by atoms with Crippen molar-refractivity contribution in [3.05, 3.63) is 71.8 Å². The van der Waals surface area contributed by atoms with Crippen molar-refractivity contribution in [2.75, 3.05) is 26.2 Å². The average Bonchev–Trinajstić information content (AvgIpc) is 3.07. The molecule has 23 heavy (non-hydrogen) atoms. The summed E-state index contributed by atoms with van der Waals surface area (Å²) in [6.45, 7) is 6.97. The summed E-state index contributed by atoms with van der Waals surface area (Å²) < 4.78 is 0. The minimum atomic E-state index is 0.578. The number of rotatable bonds is 7. The van der Waals surface area contributed by atoms with Gasteiger partial charge in [-0.15, -0.1) is 0 Å². The van der Waals surface area contributed by atoms with Gasteiger partial charge in [-0.25, -0.2) is 0 Å². The molecule has 2 atom stereocenters. The lowest BCUT2D eigenvalue weighted by Crippen LogP contribution is -2.35. The maximum atomic E-state index is 3.77. The molecule has 2 heteroatoms. The van der Waals surface area contributed by atoms with E-state index in [1.54, 1.807) is 0 Å². The molecule has 0 unspecified atom stereocenters. The Morgan fingerprint density at radius 1 is 1.04 bits per heavy atom. The number of benzene rings is 2. The molecular weight excluding hydrogens is 280 g/mol. The predicted octanol–water partition coefficient (Wildman–Crippen LogP) is 3.70. The van der Waals surface area contributed by atoms with Crippen LogP contribution in [-0.4, -0.2) is 37.1 Å². The van der Waals surface area contributed by atoms with E-state index in [0.717, 1.165) is 13.0 Å². The van der Waals surface area contributed by atoms with Gasteiger partial charge in [0.05, 0.1) is 0 Å². The second kappa shape index (κ2) is 8.28. The minimum absolute atomic E-state index is 0.578. The highest BCUT2D eigenvalue weighted by molar-refractivity contribution is 5.19. The number of hydrogen-bond acceptors (Lipinski definition) is 2. The highest BCUT2D eigenvalue weighted by atomic mass is 15.2. The molecule has 0 aliphatic carbocycles. The van der Waals surface area contributed by atoms with E-state index in [2.05, 4.69) is 77.8 Å². The molecule has 1 aliphatic heterocycles. The molecule has 2 aromatic carbocycles. The van der Waals surface area contributed by atoms with Gasteiger partial charge in [0.25, 0.3) is 0 Å². The van der Waals surface area contributed by atoms with Crippen LogP contribution < -0.4 is 5.32 Å². The number of hydrogen-bond donors (Lipinski definition) is 1. The Hall–Kier alpha value is -1.64. The first kappa shape index (κ1) is 16.2. The average molecular weight is 308 g/mol. The van der Waals surface area contributed by atoms with Gasteiger partial charge in [0.15, 0.2) is 0 Å². The van der Waals surface area contributed by atoms with Crippen LogP contribution in [0.15, 0.2) is 60.7 Å². The molecule has 0 amide bonds. The Bertz CT molecular complexity index is 567. The molecule has 122 valence electrons. The third-order valence-corrected chi connectivity index (χ3v) is 4.91. The summed E-state index contributed by atoms with van der Waals surface area (Å²) in [6, 6.07) is 22.3. The standard InChI is InChI=1S/C21H28N2/c1-18(20-10-6-3-7-11-20)16-22-21-13-15-23(17-21)14-12-19-8-4-2-5-9-19/h2-11,18,21-22H,12-17H2,1H3/t18-,21+/m0/s1. The zero-order chi connectivity index (χ0) is 15.9. The van der Waals surface area contributed by atoms with Crippen molar-refractivity contribution < 1.29 is 0 Å². The molecule has 2 aromatic rings. The Morgan fingerprint density at radius 3 is 2.48 bits per heavy atom. The molecule has 1 N–H and O–H groups in total. The quantitative estimate of drug-likeness (QED) is 0.839. The molecule has 3 rings (SSSR count). The molecule has 1 heterocycles. The van der Waals surface area contributed by atoms with Crippen molar-refractivity contribution in [1.82, 2.24) is 10.2 Å². The molecule has 1 fully saturated rings. The third-order valence-electron chi connectivity index (χ3n) is 4.91. The lowest BCUT2D eigenvalue weighted by atomic mass is 10.0. The van der Waals surface area contributed by atoms with Crippen LogP contribution in [0.1, 0.15) is 30.4 Å². The largest absolute Gasteiger partial charge is 0.312 e. The van der Waals surface area contributed by atoms with Crippen LogP contribution in [0.2, 0.25) is 0 Å². The van der Waals surface area contributed by atoms with Crippen LogP contribution >= 0.6 is 0 Å². The molecule has 0 spiro atoms. The topological polar surface area (TPSA) is 15.3 Å². The molecular formula is C21H28N2. The van der Waals surface area contributed by atoms with Gasteiger partial charge in [-0.05, 0) is 36.4 Å². The van der Waals surface area contributed by atoms with Crippen molar-refractivity contribution in [3.8, 4) is 0 Å². The minimum Gasteiger partial charge on any atom is -0.312 e. The fraction of sp³-hybridized carbons (Fsp3) is 0.429. The van der Waals surface area contributed by atoms with E-state index in [-0.39, 0.29) is 0 Å². The summed E-state index contributed by atoms with van der Waals surface area (Å²) in [4.78, 5) is 2.60. The predicted molar refractivity (Wildman–Crippen MR) is 97.9 cm³/mol. The zero-order valence-electron chi connectivity index (χ0n) is 14.1. The summed E-state index contributed by atoms with van der Waals surface area (Å²) in [5.74, 6) is 0.578. The van der Waals surface area contributed by atoms with Crippen molar-refractivity contribution in [2.24, 2.45) is 0 Å². The number of likely N-dealkylation sites (tertiary alicyclic amines) is 1. The van der Waals surface area contributed by atoms with Gasteiger partial charge in [-0.1, -0.05) is 67.6 Å². The van der Waals surface area contributed by atoms with E-state index in [1.165, 1.54) is 37.2 Å². The fourth-order valence-corrected chi connectivity index (χ4v) is 3.38. The molecule has 2 nitrogen and oxygen atoms in total.